The van der Waals surface area contributed by atoms with Crippen molar-refractivity contribution < 1.29 is 8.83 Å². The van der Waals surface area contributed by atoms with Crippen LogP contribution in [0, 0.1) is 0 Å². The van der Waals surface area contributed by atoms with Crippen LogP contribution in [0.3, 0.4) is 0 Å². The Hall–Kier alpha value is -6.94. The first-order valence-corrected chi connectivity index (χ1v) is 19.5. The van der Waals surface area contributed by atoms with Crippen LogP contribution in [0.2, 0.25) is 0 Å². The van der Waals surface area contributed by atoms with E-state index in [0.29, 0.717) is 0 Å². The Morgan fingerprint density at radius 1 is 0.327 bits per heavy atom. The minimum Gasteiger partial charge on any atom is -0.455 e. The fourth-order valence-corrected chi connectivity index (χ4v) is 10.2. The first kappa shape index (κ1) is 30.5. The van der Waals surface area contributed by atoms with E-state index in [-0.39, 0.29) is 0 Å². The maximum absolute atomic E-state index is 6.97. The molecule has 0 saturated heterocycles. The summed E-state index contributed by atoms with van der Waals surface area (Å²) in [4.78, 5) is 0. The Bertz CT molecular complexity index is 3420. The van der Waals surface area contributed by atoms with Crippen LogP contribution in [0.25, 0.3) is 119 Å². The molecule has 2 nitrogen and oxygen atoms in total. The van der Waals surface area contributed by atoms with Gasteiger partial charge in [-0.25, -0.2) is 0 Å². The van der Waals surface area contributed by atoms with E-state index in [1.54, 1.807) is 0 Å². The number of fused-ring (bicyclic) bond motifs is 10. The summed E-state index contributed by atoms with van der Waals surface area (Å²) >= 11 is 1.89. The van der Waals surface area contributed by atoms with E-state index in [2.05, 4.69) is 176 Å². The van der Waals surface area contributed by atoms with Gasteiger partial charge < -0.3 is 8.83 Å². The van der Waals surface area contributed by atoms with Crippen LogP contribution in [-0.4, -0.2) is 0 Å². The summed E-state index contributed by atoms with van der Waals surface area (Å²) < 4.78 is 16.3. The van der Waals surface area contributed by atoms with Crippen molar-refractivity contribution in [2.45, 2.75) is 0 Å². The van der Waals surface area contributed by atoms with Gasteiger partial charge in [0.05, 0.1) is 5.39 Å². The van der Waals surface area contributed by atoms with Crippen LogP contribution in [-0.2, 0) is 0 Å². The van der Waals surface area contributed by atoms with Crippen molar-refractivity contribution in [1.29, 1.82) is 0 Å². The van der Waals surface area contributed by atoms with Gasteiger partial charge in [0.15, 0.2) is 0 Å². The van der Waals surface area contributed by atoms with Crippen molar-refractivity contribution in [2.24, 2.45) is 0 Å². The average Bonchev–Trinajstić information content (AvgIpc) is 3.95. The Labute approximate surface area is 320 Å². The summed E-state index contributed by atoms with van der Waals surface area (Å²) in [6, 6.07) is 65.1. The molecule has 0 amide bonds. The lowest BCUT2D eigenvalue weighted by Gasteiger charge is -2.18. The summed E-state index contributed by atoms with van der Waals surface area (Å²) in [5, 5.41) is 10.7. The topological polar surface area (TPSA) is 26.3 Å². The highest BCUT2D eigenvalue weighted by molar-refractivity contribution is 7.26. The summed E-state index contributed by atoms with van der Waals surface area (Å²) in [6.07, 6.45) is 0. The zero-order valence-electron chi connectivity index (χ0n) is 29.5. The molecule has 3 heteroatoms. The second-order valence-electron chi connectivity index (χ2n) is 14.3. The first-order valence-electron chi connectivity index (χ1n) is 18.7. The number of thiophene rings is 1. The number of hydrogen-bond acceptors (Lipinski definition) is 3. The van der Waals surface area contributed by atoms with Crippen LogP contribution >= 0.6 is 11.3 Å². The van der Waals surface area contributed by atoms with E-state index in [1.807, 2.05) is 17.4 Å². The van der Waals surface area contributed by atoms with Gasteiger partial charge >= 0.3 is 0 Å². The second kappa shape index (κ2) is 11.8. The van der Waals surface area contributed by atoms with Gasteiger partial charge in [-0.1, -0.05) is 158 Å². The van der Waals surface area contributed by atoms with Crippen molar-refractivity contribution in [1.82, 2.24) is 0 Å². The highest BCUT2D eigenvalue weighted by Crippen LogP contribution is 2.51. The molecule has 0 radical (unpaired) electrons. The van der Waals surface area contributed by atoms with Crippen molar-refractivity contribution >= 4 is 86.0 Å². The summed E-state index contributed by atoms with van der Waals surface area (Å²) in [5.41, 5.74) is 10.6. The van der Waals surface area contributed by atoms with E-state index < -0.39 is 0 Å². The van der Waals surface area contributed by atoms with Crippen LogP contribution in [0.1, 0.15) is 0 Å². The molecular weight excluding hydrogens is 689 g/mol. The molecule has 0 bridgehead atoms. The van der Waals surface area contributed by atoms with Gasteiger partial charge in [0.25, 0.3) is 0 Å². The molecule has 0 aliphatic rings. The molecule has 3 aromatic heterocycles. The lowest BCUT2D eigenvalue weighted by atomic mass is 9.84. The molecule has 3 heterocycles. The molecule has 0 saturated carbocycles. The first-order chi connectivity index (χ1) is 27.3. The zero-order valence-corrected chi connectivity index (χ0v) is 30.4. The van der Waals surface area contributed by atoms with E-state index >= 15 is 0 Å². The van der Waals surface area contributed by atoms with Crippen molar-refractivity contribution in [3.05, 3.63) is 182 Å². The summed E-state index contributed by atoms with van der Waals surface area (Å²) in [5.74, 6) is 0.844. The lowest BCUT2D eigenvalue weighted by molar-refractivity contribution is 0.631. The fourth-order valence-electron chi connectivity index (χ4n) is 9.00. The molecule has 0 unspecified atom stereocenters. The Morgan fingerprint density at radius 3 is 1.58 bits per heavy atom. The van der Waals surface area contributed by atoms with Gasteiger partial charge in [-0.2, -0.15) is 0 Å². The smallest absolute Gasteiger partial charge is 0.147 e. The van der Waals surface area contributed by atoms with Gasteiger partial charge in [0, 0.05) is 47.6 Å². The molecule has 256 valence electrons. The molecule has 55 heavy (non-hydrogen) atoms. The summed E-state index contributed by atoms with van der Waals surface area (Å²) in [7, 11) is 0. The predicted molar refractivity (Wildman–Crippen MR) is 233 cm³/mol. The SMILES string of the molecule is c1ccc(-c2oc3ccc4c(oc5cccc(-c6c7ccccc7c(-c7cccc8c7sc7ccccc78)c7ccccc67)c54)c3c2-c2ccccc2)cc1. The zero-order chi connectivity index (χ0) is 36.0. The quantitative estimate of drug-likeness (QED) is 0.169. The van der Waals surface area contributed by atoms with Gasteiger partial charge in [-0.15, -0.1) is 11.3 Å². The number of benzene rings is 9. The number of furan rings is 2. The van der Waals surface area contributed by atoms with E-state index in [4.69, 9.17) is 8.83 Å². The van der Waals surface area contributed by atoms with Crippen molar-refractivity contribution in [3.8, 4) is 44.7 Å². The normalized spacial score (nSPS) is 12.0. The highest BCUT2D eigenvalue weighted by atomic mass is 32.1. The predicted octanol–water partition coefficient (Wildman–Crippen LogP) is 15.7. The molecule has 0 aliphatic heterocycles. The Morgan fingerprint density at radius 2 is 0.873 bits per heavy atom. The maximum Gasteiger partial charge on any atom is 0.147 e. The van der Waals surface area contributed by atoms with Crippen LogP contribution in [0.4, 0.5) is 0 Å². The number of rotatable bonds is 4. The molecule has 0 aliphatic carbocycles. The lowest BCUT2D eigenvalue weighted by Crippen LogP contribution is -1.91. The third-order valence-corrected chi connectivity index (χ3v) is 12.5. The second-order valence-corrected chi connectivity index (χ2v) is 15.3. The van der Waals surface area contributed by atoms with Gasteiger partial charge in [-0.05, 0) is 68.1 Å². The van der Waals surface area contributed by atoms with Crippen LogP contribution in [0.5, 0.6) is 0 Å². The third-order valence-electron chi connectivity index (χ3n) is 11.3. The van der Waals surface area contributed by atoms with Crippen LogP contribution in [0.15, 0.2) is 191 Å². The highest BCUT2D eigenvalue weighted by Gasteiger charge is 2.25. The molecule has 0 spiro atoms. The van der Waals surface area contributed by atoms with E-state index in [9.17, 15) is 0 Å². The molecule has 9 aromatic carbocycles. The minimum absolute atomic E-state index is 0.807. The summed E-state index contributed by atoms with van der Waals surface area (Å²) in [6.45, 7) is 0. The largest absolute Gasteiger partial charge is 0.455 e. The van der Waals surface area contributed by atoms with Crippen molar-refractivity contribution in [3.63, 3.8) is 0 Å². The van der Waals surface area contributed by atoms with Crippen molar-refractivity contribution in [2.75, 3.05) is 0 Å². The van der Waals surface area contributed by atoms with Gasteiger partial charge in [0.2, 0.25) is 0 Å². The molecule has 0 fully saturated rings. The van der Waals surface area contributed by atoms with Gasteiger partial charge in [0.1, 0.15) is 22.5 Å². The third kappa shape index (κ3) is 4.42. The number of hydrogen-bond donors (Lipinski definition) is 0. The van der Waals surface area contributed by atoms with E-state index in [0.717, 1.165) is 60.9 Å². The standard InChI is InChI=1S/C52H30O2S/c1-3-15-31(16-4-1)45-49-43(53-50(45)32-17-5-2-6-18-32)30-29-40-48-39(25-14-27-42(48)54-51(40)49)46-34-20-7-9-22-36(34)47(37-23-10-8-21-35(37)46)41-26-13-24-38-33-19-11-12-28-44(33)55-52(38)41/h1-30H. The Kier molecular flexibility index (Phi) is 6.54. The maximum atomic E-state index is 6.97. The molecule has 0 N–H and O–H groups in total. The van der Waals surface area contributed by atoms with E-state index in [1.165, 1.54) is 58.4 Å². The van der Waals surface area contributed by atoms with Gasteiger partial charge in [-0.3, -0.25) is 0 Å². The molecule has 12 rings (SSSR count). The average molecular weight is 719 g/mol. The molecule has 12 aromatic rings. The monoisotopic (exact) mass is 718 g/mol. The molecular formula is C52H30O2S. The Balaban J connectivity index is 1.18. The van der Waals surface area contributed by atoms with Crippen LogP contribution < -0.4 is 0 Å². The minimum atomic E-state index is 0.807. The molecule has 0 atom stereocenters. The fraction of sp³-hybridized carbons (Fsp3) is 0.